The lowest BCUT2D eigenvalue weighted by Gasteiger charge is -2.31. The molecule has 0 radical (unpaired) electrons. The third-order valence-electron chi connectivity index (χ3n) is 4.24. The van der Waals surface area contributed by atoms with Crippen LogP contribution in [0, 0.1) is 11.8 Å². The van der Waals surface area contributed by atoms with E-state index >= 15 is 0 Å². The van der Waals surface area contributed by atoms with Gasteiger partial charge < -0.3 is 16.0 Å². The van der Waals surface area contributed by atoms with Crippen LogP contribution in [0.1, 0.15) is 17.3 Å². The number of rotatable bonds is 5. The fourth-order valence-corrected chi connectivity index (χ4v) is 2.45. The maximum absolute atomic E-state index is 12.2. The number of aromatic nitrogens is 1. The lowest BCUT2D eigenvalue weighted by molar-refractivity contribution is -0.121. The number of carbonyl (C=O) groups is 2. The maximum atomic E-state index is 12.2. The standard InChI is InChI=1S/C18H20N4O2/c1-12(14-9-19-10-14)17(23)21-15-7-8-16(20-11-15)22-18(24)13-5-3-2-4-6-13/h2-8,11-12,14,19H,9-10H2,1H3,(H,21,23)(H,20,22,24). The second kappa shape index (κ2) is 7.23. The molecule has 6 heteroatoms. The van der Waals surface area contributed by atoms with Crippen LogP contribution in [0.25, 0.3) is 0 Å². The molecule has 1 aromatic heterocycles. The van der Waals surface area contributed by atoms with Gasteiger partial charge in [-0.25, -0.2) is 4.98 Å². The van der Waals surface area contributed by atoms with Crippen molar-refractivity contribution in [2.24, 2.45) is 11.8 Å². The molecular formula is C18H20N4O2. The Balaban J connectivity index is 1.57. The number of hydrogen-bond acceptors (Lipinski definition) is 4. The SMILES string of the molecule is CC(C(=O)Nc1ccc(NC(=O)c2ccccc2)nc1)C1CNC1. The summed E-state index contributed by atoms with van der Waals surface area (Å²) in [7, 11) is 0. The van der Waals surface area contributed by atoms with Gasteiger partial charge in [-0.05, 0) is 43.3 Å². The first-order valence-corrected chi connectivity index (χ1v) is 7.97. The highest BCUT2D eigenvalue weighted by Gasteiger charge is 2.28. The molecule has 1 aliphatic rings. The van der Waals surface area contributed by atoms with Gasteiger partial charge in [0.2, 0.25) is 5.91 Å². The van der Waals surface area contributed by atoms with Gasteiger partial charge in [0.1, 0.15) is 5.82 Å². The second-order valence-corrected chi connectivity index (χ2v) is 5.95. The minimum absolute atomic E-state index is 0.00984. The molecule has 0 bridgehead atoms. The Labute approximate surface area is 140 Å². The Morgan fingerprint density at radius 1 is 1.12 bits per heavy atom. The van der Waals surface area contributed by atoms with Crippen molar-refractivity contribution in [1.82, 2.24) is 10.3 Å². The Bertz CT molecular complexity index is 712. The van der Waals surface area contributed by atoms with E-state index in [-0.39, 0.29) is 17.7 Å². The second-order valence-electron chi connectivity index (χ2n) is 5.95. The third kappa shape index (κ3) is 3.78. The van der Waals surface area contributed by atoms with Crippen LogP contribution in [-0.2, 0) is 4.79 Å². The summed E-state index contributed by atoms with van der Waals surface area (Å²) in [6.45, 7) is 3.71. The number of carbonyl (C=O) groups excluding carboxylic acids is 2. The highest BCUT2D eigenvalue weighted by molar-refractivity contribution is 6.03. The highest BCUT2D eigenvalue weighted by atomic mass is 16.2. The molecule has 6 nitrogen and oxygen atoms in total. The molecule has 1 unspecified atom stereocenters. The fraction of sp³-hybridized carbons (Fsp3) is 0.278. The summed E-state index contributed by atoms with van der Waals surface area (Å²) in [5.74, 6) is 0.569. The van der Waals surface area contributed by atoms with E-state index in [1.165, 1.54) is 0 Å². The van der Waals surface area contributed by atoms with Crippen LogP contribution in [0.15, 0.2) is 48.7 Å². The molecule has 2 heterocycles. The summed E-state index contributed by atoms with van der Waals surface area (Å²) >= 11 is 0. The van der Waals surface area contributed by atoms with E-state index in [0.717, 1.165) is 13.1 Å². The molecule has 2 aromatic rings. The van der Waals surface area contributed by atoms with Crippen LogP contribution >= 0.6 is 0 Å². The van der Waals surface area contributed by atoms with Gasteiger partial charge in [0.05, 0.1) is 11.9 Å². The molecule has 2 amide bonds. The zero-order chi connectivity index (χ0) is 16.9. The molecule has 1 atom stereocenters. The molecule has 1 aromatic carbocycles. The number of nitrogens with zero attached hydrogens (tertiary/aromatic N) is 1. The summed E-state index contributed by atoms with van der Waals surface area (Å²) in [4.78, 5) is 28.4. The number of benzene rings is 1. The Hall–Kier alpha value is -2.73. The summed E-state index contributed by atoms with van der Waals surface area (Å²) in [5, 5.41) is 8.76. The Morgan fingerprint density at radius 3 is 2.46 bits per heavy atom. The molecule has 124 valence electrons. The van der Waals surface area contributed by atoms with Gasteiger partial charge in [-0.1, -0.05) is 25.1 Å². The third-order valence-corrected chi connectivity index (χ3v) is 4.24. The average molecular weight is 324 g/mol. The molecule has 0 spiro atoms. The van der Waals surface area contributed by atoms with Crippen molar-refractivity contribution in [3.05, 3.63) is 54.2 Å². The van der Waals surface area contributed by atoms with Gasteiger partial charge in [-0.3, -0.25) is 9.59 Å². The number of hydrogen-bond donors (Lipinski definition) is 3. The quantitative estimate of drug-likeness (QED) is 0.787. The number of anilines is 2. The molecular weight excluding hydrogens is 304 g/mol. The van der Waals surface area contributed by atoms with Crippen molar-refractivity contribution in [2.75, 3.05) is 23.7 Å². The smallest absolute Gasteiger partial charge is 0.256 e. The van der Waals surface area contributed by atoms with E-state index in [4.69, 9.17) is 0 Å². The molecule has 1 saturated heterocycles. The molecule has 0 saturated carbocycles. The van der Waals surface area contributed by atoms with E-state index in [1.54, 1.807) is 42.6 Å². The van der Waals surface area contributed by atoms with Crippen LogP contribution in [0.4, 0.5) is 11.5 Å². The van der Waals surface area contributed by atoms with Crippen LogP contribution in [-0.4, -0.2) is 29.9 Å². The van der Waals surface area contributed by atoms with Crippen LogP contribution in [0.5, 0.6) is 0 Å². The van der Waals surface area contributed by atoms with E-state index < -0.39 is 0 Å². The predicted octanol–water partition coefficient (Wildman–Crippen LogP) is 2.13. The van der Waals surface area contributed by atoms with E-state index in [1.807, 2.05) is 13.0 Å². The number of pyridine rings is 1. The number of nitrogens with one attached hydrogen (secondary N) is 3. The Kier molecular flexibility index (Phi) is 4.86. The Morgan fingerprint density at radius 2 is 1.88 bits per heavy atom. The van der Waals surface area contributed by atoms with Gasteiger partial charge in [0.25, 0.3) is 5.91 Å². The van der Waals surface area contributed by atoms with Crippen molar-refractivity contribution in [2.45, 2.75) is 6.92 Å². The van der Waals surface area contributed by atoms with Crippen LogP contribution in [0.2, 0.25) is 0 Å². The van der Waals surface area contributed by atoms with E-state index in [0.29, 0.717) is 23.0 Å². The van der Waals surface area contributed by atoms with Crippen molar-refractivity contribution >= 4 is 23.3 Å². The summed E-state index contributed by atoms with van der Waals surface area (Å²) in [6.07, 6.45) is 1.55. The molecule has 24 heavy (non-hydrogen) atoms. The highest BCUT2D eigenvalue weighted by Crippen LogP contribution is 2.18. The minimum Gasteiger partial charge on any atom is -0.324 e. The van der Waals surface area contributed by atoms with Gasteiger partial charge in [0.15, 0.2) is 0 Å². The van der Waals surface area contributed by atoms with Crippen LogP contribution < -0.4 is 16.0 Å². The van der Waals surface area contributed by atoms with Crippen molar-refractivity contribution < 1.29 is 9.59 Å². The molecule has 3 rings (SSSR count). The lowest BCUT2D eigenvalue weighted by atomic mass is 9.88. The van der Waals surface area contributed by atoms with Gasteiger partial charge in [-0.2, -0.15) is 0 Å². The number of amides is 2. The monoisotopic (exact) mass is 324 g/mol. The van der Waals surface area contributed by atoms with Crippen molar-refractivity contribution in [3.63, 3.8) is 0 Å². The van der Waals surface area contributed by atoms with E-state index in [9.17, 15) is 9.59 Å². The zero-order valence-electron chi connectivity index (χ0n) is 13.5. The predicted molar refractivity (Wildman–Crippen MR) is 92.8 cm³/mol. The van der Waals surface area contributed by atoms with Gasteiger partial charge in [0, 0.05) is 11.5 Å². The van der Waals surface area contributed by atoms with Gasteiger partial charge >= 0.3 is 0 Å². The topological polar surface area (TPSA) is 83.1 Å². The molecule has 1 aliphatic heterocycles. The van der Waals surface area contributed by atoms with Crippen molar-refractivity contribution in [3.8, 4) is 0 Å². The van der Waals surface area contributed by atoms with E-state index in [2.05, 4.69) is 20.9 Å². The molecule has 0 aliphatic carbocycles. The summed E-state index contributed by atoms with van der Waals surface area (Å²) < 4.78 is 0. The zero-order valence-corrected chi connectivity index (χ0v) is 13.5. The first-order valence-electron chi connectivity index (χ1n) is 7.97. The molecule has 1 fully saturated rings. The molecule has 3 N–H and O–H groups in total. The van der Waals surface area contributed by atoms with Crippen molar-refractivity contribution in [1.29, 1.82) is 0 Å². The summed E-state index contributed by atoms with van der Waals surface area (Å²) in [5.41, 5.74) is 1.19. The maximum Gasteiger partial charge on any atom is 0.256 e. The normalized spacial score (nSPS) is 15.2. The average Bonchev–Trinajstić information content (AvgIpc) is 2.55. The fourth-order valence-electron chi connectivity index (χ4n) is 2.45. The van der Waals surface area contributed by atoms with Crippen LogP contribution in [0.3, 0.4) is 0 Å². The minimum atomic E-state index is -0.217. The lowest BCUT2D eigenvalue weighted by Crippen LogP contribution is -2.48. The summed E-state index contributed by atoms with van der Waals surface area (Å²) in [6, 6.07) is 12.3. The van der Waals surface area contributed by atoms with Gasteiger partial charge in [-0.15, -0.1) is 0 Å². The largest absolute Gasteiger partial charge is 0.324 e. The first-order chi connectivity index (χ1) is 11.6. The first kappa shape index (κ1) is 16.1.